The van der Waals surface area contributed by atoms with Gasteiger partial charge >= 0.3 is 11.9 Å². The van der Waals surface area contributed by atoms with Gasteiger partial charge in [0, 0.05) is 25.6 Å². The zero-order chi connectivity index (χ0) is 38.0. The molecule has 14 nitrogen and oxygen atoms in total. The molecule has 5 amide bonds. The molecule has 1 fully saturated rings. The highest BCUT2D eigenvalue weighted by Crippen LogP contribution is 2.15. The first-order chi connectivity index (χ1) is 24.9. The largest absolute Gasteiger partial charge is 0.462 e. The van der Waals surface area contributed by atoms with Crippen LogP contribution in [-0.4, -0.2) is 97.4 Å². The van der Waals surface area contributed by atoms with E-state index >= 15 is 0 Å². The summed E-state index contributed by atoms with van der Waals surface area (Å²) in [4.78, 5) is 80.0. The van der Waals surface area contributed by atoms with Gasteiger partial charge in [-0.25, -0.2) is 4.79 Å². The molecule has 0 radical (unpaired) electrons. The Morgan fingerprint density at radius 2 is 1.31 bits per heavy atom. The summed E-state index contributed by atoms with van der Waals surface area (Å²) >= 11 is 0. The van der Waals surface area contributed by atoms with Gasteiger partial charge in [-0.2, -0.15) is 0 Å². The number of ether oxygens (including phenoxy) is 1. The molecule has 1 aliphatic heterocycles. The van der Waals surface area contributed by atoms with Crippen LogP contribution in [0.25, 0.3) is 0 Å². The van der Waals surface area contributed by atoms with Gasteiger partial charge in [-0.3, -0.25) is 24.0 Å². The van der Waals surface area contributed by atoms with Gasteiger partial charge in [0.25, 0.3) is 0 Å². The van der Waals surface area contributed by atoms with Crippen molar-refractivity contribution in [3.05, 3.63) is 71.8 Å². The van der Waals surface area contributed by atoms with Crippen LogP contribution in [0.5, 0.6) is 0 Å². The zero-order valence-electron chi connectivity index (χ0n) is 30.5. The number of rotatable bonds is 18. The smallest absolute Gasteiger partial charge is 0.396 e. The lowest BCUT2D eigenvalue weighted by atomic mass is 9.99. The number of nitrogens with one attached hydrogen (secondary N) is 4. The third-order valence-electron chi connectivity index (χ3n) is 8.97. The molecule has 0 aromatic heterocycles. The SMILES string of the molecule is COC(=O)C(=O)NC1CCN(C(=O)[C@@H](CCCCN)NC(=O)[C@@H](CC(C)C)NC(=O)[C@@H](Cc2ccccc2)NC(=O)[C@H](N)Cc2ccccc2)CC1. The van der Waals surface area contributed by atoms with Crippen molar-refractivity contribution in [1.82, 2.24) is 26.2 Å². The summed E-state index contributed by atoms with van der Waals surface area (Å²) in [5.74, 6) is -3.65. The van der Waals surface area contributed by atoms with E-state index in [2.05, 4.69) is 26.0 Å². The number of nitrogens with two attached hydrogens (primary N) is 2. The van der Waals surface area contributed by atoms with Crippen molar-refractivity contribution in [1.29, 1.82) is 0 Å². The Morgan fingerprint density at radius 3 is 1.87 bits per heavy atom. The maximum absolute atomic E-state index is 13.9. The number of nitrogens with zero attached hydrogens (tertiary/aromatic N) is 1. The van der Waals surface area contributed by atoms with Crippen LogP contribution in [0.2, 0.25) is 0 Å². The summed E-state index contributed by atoms with van der Waals surface area (Å²) in [6.07, 6.45) is 3.17. The second-order valence-electron chi connectivity index (χ2n) is 13.6. The van der Waals surface area contributed by atoms with E-state index in [4.69, 9.17) is 11.5 Å². The number of likely N-dealkylation sites (tertiary alicyclic amines) is 1. The Bertz CT molecular complexity index is 1470. The number of amides is 5. The highest BCUT2D eigenvalue weighted by molar-refractivity contribution is 6.32. The van der Waals surface area contributed by atoms with Crippen LogP contribution in [0.4, 0.5) is 0 Å². The molecular formula is C38H55N7O7. The Hall–Kier alpha value is -4.82. The minimum atomic E-state index is -1.03. The molecule has 0 unspecified atom stereocenters. The Morgan fingerprint density at radius 1 is 0.769 bits per heavy atom. The van der Waals surface area contributed by atoms with Crippen LogP contribution < -0.4 is 32.7 Å². The molecule has 1 heterocycles. The minimum absolute atomic E-state index is 0.00290. The number of benzene rings is 2. The van der Waals surface area contributed by atoms with Crippen LogP contribution in [0.1, 0.15) is 63.5 Å². The first-order valence-corrected chi connectivity index (χ1v) is 18.0. The number of hydrogen-bond acceptors (Lipinski definition) is 9. The van der Waals surface area contributed by atoms with Crippen molar-refractivity contribution in [3.8, 4) is 0 Å². The van der Waals surface area contributed by atoms with E-state index in [1.807, 2.05) is 74.5 Å². The second kappa shape index (κ2) is 21.5. The van der Waals surface area contributed by atoms with Gasteiger partial charge in [-0.1, -0.05) is 74.5 Å². The van der Waals surface area contributed by atoms with Gasteiger partial charge in [0.2, 0.25) is 23.6 Å². The van der Waals surface area contributed by atoms with Crippen molar-refractivity contribution < 1.29 is 33.5 Å². The molecule has 2 aromatic carbocycles. The lowest BCUT2D eigenvalue weighted by Gasteiger charge is -2.35. The molecule has 0 saturated carbocycles. The Kier molecular flexibility index (Phi) is 17.2. The summed E-state index contributed by atoms with van der Waals surface area (Å²) < 4.78 is 4.47. The van der Waals surface area contributed by atoms with E-state index in [1.165, 1.54) is 0 Å². The third kappa shape index (κ3) is 13.7. The highest BCUT2D eigenvalue weighted by Gasteiger charge is 2.34. The van der Waals surface area contributed by atoms with Gasteiger partial charge in [-0.15, -0.1) is 0 Å². The topological polar surface area (TPSA) is 215 Å². The number of carbonyl (C=O) groups is 6. The van der Waals surface area contributed by atoms with E-state index in [1.54, 1.807) is 4.90 Å². The maximum Gasteiger partial charge on any atom is 0.396 e. The molecule has 4 atom stereocenters. The van der Waals surface area contributed by atoms with Crippen molar-refractivity contribution in [2.24, 2.45) is 17.4 Å². The van der Waals surface area contributed by atoms with Gasteiger partial charge in [-0.05, 0) is 68.5 Å². The van der Waals surface area contributed by atoms with Crippen LogP contribution in [-0.2, 0) is 46.3 Å². The number of carbonyl (C=O) groups excluding carboxylic acids is 6. The van der Waals surface area contributed by atoms with Gasteiger partial charge in [0.1, 0.15) is 18.1 Å². The first-order valence-electron chi connectivity index (χ1n) is 18.0. The molecule has 1 aliphatic rings. The Labute approximate surface area is 306 Å². The van der Waals surface area contributed by atoms with E-state index in [-0.39, 0.29) is 37.1 Å². The molecule has 52 heavy (non-hydrogen) atoms. The first kappa shape index (κ1) is 41.6. The van der Waals surface area contributed by atoms with Crippen LogP contribution >= 0.6 is 0 Å². The fraction of sp³-hybridized carbons (Fsp3) is 0.526. The summed E-state index contributed by atoms with van der Waals surface area (Å²) in [6.45, 7) is 4.90. The third-order valence-corrected chi connectivity index (χ3v) is 8.97. The van der Waals surface area contributed by atoms with Crippen molar-refractivity contribution in [2.75, 3.05) is 26.7 Å². The van der Waals surface area contributed by atoms with Crippen molar-refractivity contribution in [2.45, 2.75) is 95.4 Å². The second-order valence-corrected chi connectivity index (χ2v) is 13.6. The number of piperidine rings is 1. The van der Waals surface area contributed by atoms with Crippen LogP contribution in [0.15, 0.2) is 60.7 Å². The molecular weight excluding hydrogens is 666 g/mol. The number of methoxy groups -OCH3 is 1. The molecule has 284 valence electrons. The molecule has 0 bridgehead atoms. The minimum Gasteiger partial charge on any atom is -0.462 e. The summed E-state index contributed by atoms with van der Waals surface area (Å²) in [7, 11) is 1.13. The van der Waals surface area contributed by atoms with Crippen LogP contribution in [0, 0.1) is 5.92 Å². The number of hydrogen-bond donors (Lipinski definition) is 6. The standard InChI is InChI=1S/C38H55N7O7/c1-25(2)22-31(34(47)42-30(16-10-11-19-39)37(50)45-20-17-28(18-21-45)41-36(49)38(51)52-3)44-35(48)32(24-27-14-8-5-9-15-27)43-33(46)29(40)23-26-12-6-4-7-13-26/h4-9,12-15,25,28-32H,10-11,16-24,39-40H2,1-3H3,(H,41,49)(H,42,47)(H,43,46)(H,44,48)/t29-,30-,31-,32-/m1/s1. The maximum atomic E-state index is 13.9. The molecule has 2 aromatic rings. The van der Waals surface area contributed by atoms with E-state index in [0.29, 0.717) is 51.7 Å². The fourth-order valence-electron chi connectivity index (χ4n) is 6.10. The normalized spacial score (nSPS) is 15.5. The monoisotopic (exact) mass is 721 g/mol. The Balaban J connectivity index is 1.73. The average molecular weight is 722 g/mol. The molecule has 1 saturated heterocycles. The molecule has 14 heteroatoms. The lowest BCUT2D eigenvalue weighted by Crippen LogP contribution is -2.59. The van der Waals surface area contributed by atoms with Crippen molar-refractivity contribution >= 4 is 35.5 Å². The predicted octanol–water partition coefficient (Wildman–Crippen LogP) is 0.709. The zero-order valence-corrected chi connectivity index (χ0v) is 30.5. The molecule has 3 rings (SSSR count). The fourth-order valence-corrected chi connectivity index (χ4v) is 6.10. The number of unbranched alkanes of at least 4 members (excludes halogenated alkanes) is 1. The summed E-state index contributed by atoms with van der Waals surface area (Å²) in [5.41, 5.74) is 13.7. The average Bonchev–Trinajstić information content (AvgIpc) is 3.14. The predicted molar refractivity (Wildman–Crippen MR) is 196 cm³/mol. The van der Waals surface area contributed by atoms with E-state index < -0.39 is 53.8 Å². The highest BCUT2D eigenvalue weighted by atomic mass is 16.5. The van der Waals surface area contributed by atoms with Crippen molar-refractivity contribution in [3.63, 3.8) is 0 Å². The van der Waals surface area contributed by atoms with Crippen LogP contribution in [0.3, 0.4) is 0 Å². The molecule has 8 N–H and O–H groups in total. The lowest BCUT2D eigenvalue weighted by molar-refractivity contribution is -0.153. The quantitative estimate of drug-likeness (QED) is 0.0725. The number of esters is 1. The summed E-state index contributed by atoms with van der Waals surface area (Å²) in [6, 6.07) is 14.5. The molecule has 0 spiro atoms. The van der Waals surface area contributed by atoms with E-state index in [9.17, 15) is 28.8 Å². The van der Waals surface area contributed by atoms with Gasteiger partial charge in [0.05, 0.1) is 13.2 Å². The summed E-state index contributed by atoms with van der Waals surface area (Å²) in [5, 5.41) is 11.2. The van der Waals surface area contributed by atoms with Gasteiger partial charge < -0.3 is 42.4 Å². The van der Waals surface area contributed by atoms with E-state index in [0.717, 1.165) is 18.2 Å². The van der Waals surface area contributed by atoms with Gasteiger partial charge in [0.15, 0.2) is 0 Å². The molecule has 0 aliphatic carbocycles.